The predicted octanol–water partition coefficient (Wildman–Crippen LogP) is 2.38. The van der Waals surface area contributed by atoms with Gasteiger partial charge in [-0.25, -0.2) is 10.4 Å². The Hall–Kier alpha value is -3.75. The maximum atomic E-state index is 11.7. The van der Waals surface area contributed by atoms with Crippen molar-refractivity contribution in [3.63, 3.8) is 0 Å². The Morgan fingerprint density at radius 2 is 2.04 bits per heavy atom. The first-order valence-electron chi connectivity index (χ1n) is 6.82. The molecule has 0 saturated carbocycles. The SMILES string of the molecule is O=c1cc(-c2ccccc2)nc(NN=Cc2ccc([N+](=O)[O-])o2)[nH]1. The molecule has 0 aliphatic heterocycles. The Morgan fingerprint density at radius 3 is 2.75 bits per heavy atom. The van der Waals surface area contributed by atoms with E-state index in [1.807, 2.05) is 30.3 Å². The molecule has 3 aromatic rings. The lowest BCUT2D eigenvalue weighted by Crippen LogP contribution is -2.10. The average molecular weight is 325 g/mol. The number of hydrazone groups is 1. The van der Waals surface area contributed by atoms with Gasteiger partial charge in [0.15, 0.2) is 5.76 Å². The van der Waals surface area contributed by atoms with Crippen LogP contribution in [0.2, 0.25) is 0 Å². The first kappa shape index (κ1) is 15.2. The highest BCUT2D eigenvalue weighted by Crippen LogP contribution is 2.16. The summed E-state index contributed by atoms with van der Waals surface area (Å²) in [6.07, 6.45) is 1.24. The smallest absolute Gasteiger partial charge is 0.400 e. The molecule has 0 saturated heterocycles. The number of nitrogens with one attached hydrogen (secondary N) is 2. The molecule has 0 fully saturated rings. The number of anilines is 1. The van der Waals surface area contributed by atoms with Gasteiger partial charge in [0.05, 0.1) is 18.0 Å². The molecule has 2 aromatic heterocycles. The highest BCUT2D eigenvalue weighted by Gasteiger charge is 2.10. The minimum atomic E-state index is -0.646. The molecule has 24 heavy (non-hydrogen) atoms. The summed E-state index contributed by atoms with van der Waals surface area (Å²) in [5.74, 6) is -0.0523. The van der Waals surface area contributed by atoms with E-state index < -0.39 is 4.92 Å². The van der Waals surface area contributed by atoms with Gasteiger partial charge in [0.1, 0.15) is 4.92 Å². The van der Waals surface area contributed by atoms with Crippen LogP contribution >= 0.6 is 0 Å². The van der Waals surface area contributed by atoms with E-state index in [0.717, 1.165) is 5.56 Å². The summed E-state index contributed by atoms with van der Waals surface area (Å²) in [6, 6.07) is 13.2. The lowest BCUT2D eigenvalue weighted by molar-refractivity contribution is -0.402. The lowest BCUT2D eigenvalue weighted by atomic mass is 10.1. The summed E-state index contributed by atoms with van der Waals surface area (Å²) >= 11 is 0. The van der Waals surface area contributed by atoms with Crippen molar-refractivity contribution < 1.29 is 9.34 Å². The van der Waals surface area contributed by atoms with Crippen molar-refractivity contribution in [2.45, 2.75) is 0 Å². The Bertz CT molecular complexity index is 946. The number of nitrogens with zero attached hydrogens (tertiary/aromatic N) is 3. The van der Waals surface area contributed by atoms with Crippen molar-refractivity contribution in [3.8, 4) is 11.3 Å². The fourth-order valence-electron chi connectivity index (χ4n) is 1.93. The Kier molecular flexibility index (Phi) is 4.15. The van der Waals surface area contributed by atoms with Crippen LogP contribution in [-0.2, 0) is 0 Å². The molecule has 2 N–H and O–H groups in total. The Labute approximate surface area is 134 Å². The zero-order valence-corrected chi connectivity index (χ0v) is 12.2. The average Bonchev–Trinajstić information content (AvgIpc) is 3.04. The molecule has 0 aliphatic rings. The van der Waals surface area contributed by atoms with E-state index in [1.165, 1.54) is 24.4 Å². The zero-order chi connectivity index (χ0) is 16.9. The summed E-state index contributed by atoms with van der Waals surface area (Å²) in [7, 11) is 0. The fourth-order valence-corrected chi connectivity index (χ4v) is 1.93. The van der Waals surface area contributed by atoms with Crippen LogP contribution < -0.4 is 11.0 Å². The zero-order valence-electron chi connectivity index (χ0n) is 12.2. The van der Waals surface area contributed by atoms with Crippen LogP contribution in [0.5, 0.6) is 0 Å². The molecule has 0 bridgehead atoms. The number of aromatic nitrogens is 2. The standard InChI is InChI=1S/C15H11N5O4/c21-13-8-12(10-4-2-1-3-5-10)17-15(18-13)19-16-9-11-6-7-14(24-11)20(22)23/h1-9H,(H2,17,18,19,21). The van der Waals surface area contributed by atoms with Gasteiger partial charge >= 0.3 is 5.88 Å². The number of benzene rings is 1. The molecule has 9 nitrogen and oxygen atoms in total. The lowest BCUT2D eigenvalue weighted by Gasteiger charge is -2.03. The van der Waals surface area contributed by atoms with Gasteiger partial charge in [0.25, 0.3) is 5.56 Å². The maximum Gasteiger partial charge on any atom is 0.433 e. The van der Waals surface area contributed by atoms with E-state index in [-0.39, 0.29) is 23.2 Å². The van der Waals surface area contributed by atoms with E-state index in [0.29, 0.717) is 5.69 Å². The van der Waals surface area contributed by atoms with Gasteiger partial charge in [0, 0.05) is 11.6 Å². The van der Waals surface area contributed by atoms with E-state index in [4.69, 9.17) is 4.42 Å². The molecule has 0 atom stereocenters. The molecule has 0 amide bonds. The summed E-state index contributed by atoms with van der Waals surface area (Å²) in [5, 5.41) is 14.4. The van der Waals surface area contributed by atoms with Gasteiger partial charge in [-0.2, -0.15) is 5.10 Å². The third-order valence-electron chi connectivity index (χ3n) is 2.97. The van der Waals surface area contributed by atoms with E-state index in [2.05, 4.69) is 20.5 Å². The predicted molar refractivity (Wildman–Crippen MR) is 86.9 cm³/mol. The van der Waals surface area contributed by atoms with Crippen LogP contribution in [0, 0.1) is 10.1 Å². The molecular weight excluding hydrogens is 314 g/mol. The van der Waals surface area contributed by atoms with Crippen molar-refractivity contribution in [2.24, 2.45) is 5.10 Å². The van der Waals surface area contributed by atoms with E-state index >= 15 is 0 Å². The van der Waals surface area contributed by atoms with Crippen LogP contribution in [0.4, 0.5) is 11.8 Å². The van der Waals surface area contributed by atoms with Crippen LogP contribution in [0.3, 0.4) is 0 Å². The second kappa shape index (κ2) is 6.57. The number of hydrogen-bond acceptors (Lipinski definition) is 7. The van der Waals surface area contributed by atoms with Crippen molar-refractivity contribution in [1.82, 2.24) is 9.97 Å². The third-order valence-corrected chi connectivity index (χ3v) is 2.97. The minimum Gasteiger partial charge on any atom is -0.400 e. The monoisotopic (exact) mass is 325 g/mol. The van der Waals surface area contributed by atoms with Gasteiger partial charge in [-0.15, -0.1) is 0 Å². The summed E-state index contributed by atoms with van der Waals surface area (Å²) in [6.45, 7) is 0. The molecule has 0 spiro atoms. The first-order chi connectivity index (χ1) is 11.6. The molecule has 0 radical (unpaired) electrons. The van der Waals surface area contributed by atoms with Gasteiger partial charge in [0.2, 0.25) is 5.95 Å². The van der Waals surface area contributed by atoms with E-state index in [9.17, 15) is 14.9 Å². The second-order valence-electron chi connectivity index (χ2n) is 4.65. The topological polar surface area (TPSA) is 126 Å². The van der Waals surface area contributed by atoms with Crippen LogP contribution in [0.15, 0.2) is 62.8 Å². The van der Waals surface area contributed by atoms with Crippen molar-refractivity contribution in [3.05, 3.63) is 74.8 Å². The van der Waals surface area contributed by atoms with Gasteiger partial charge in [-0.3, -0.25) is 19.9 Å². The quantitative estimate of drug-likeness (QED) is 0.421. The molecule has 0 aliphatic carbocycles. The normalized spacial score (nSPS) is 10.8. The number of hydrogen-bond donors (Lipinski definition) is 2. The van der Waals surface area contributed by atoms with Crippen LogP contribution in [0.1, 0.15) is 5.76 Å². The minimum absolute atomic E-state index is 0.138. The largest absolute Gasteiger partial charge is 0.433 e. The van der Waals surface area contributed by atoms with Gasteiger partial charge < -0.3 is 4.42 Å². The van der Waals surface area contributed by atoms with Crippen molar-refractivity contribution in [1.29, 1.82) is 0 Å². The number of aromatic amines is 1. The highest BCUT2D eigenvalue weighted by atomic mass is 16.6. The van der Waals surface area contributed by atoms with Crippen LogP contribution in [0.25, 0.3) is 11.3 Å². The summed E-state index contributed by atoms with van der Waals surface area (Å²) in [4.78, 5) is 28.3. The fraction of sp³-hybridized carbons (Fsp3) is 0. The first-order valence-corrected chi connectivity index (χ1v) is 6.82. The highest BCUT2D eigenvalue weighted by molar-refractivity contribution is 5.76. The van der Waals surface area contributed by atoms with Crippen molar-refractivity contribution in [2.75, 3.05) is 5.43 Å². The number of nitro groups is 1. The number of rotatable bonds is 5. The van der Waals surface area contributed by atoms with Gasteiger partial charge in [-0.1, -0.05) is 30.3 Å². The summed E-state index contributed by atoms with van der Waals surface area (Å²) in [5.41, 5.74) is 3.50. The third kappa shape index (κ3) is 3.53. The maximum absolute atomic E-state index is 11.7. The van der Waals surface area contributed by atoms with Crippen molar-refractivity contribution >= 4 is 18.0 Å². The van der Waals surface area contributed by atoms with E-state index in [1.54, 1.807) is 0 Å². The molecule has 120 valence electrons. The number of furan rings is 1. The molecule has 0 unspecified atom stereocenters. The van der Waals surface area contributed by atoms with Crippen LogP contribution in [-0.4, -0.2) is 21.1 Å². The molecule has 3 rings (SSSR count). The Balaban J connectivity index is 1.77. The van der Waals surface area contributed by atoms with Gasteiger partial charge in [-0.05, 0) is 6.07 Å². The molecule has 9 heteroatoms. The second-order valence-corrected chi connectivity index (χ2v) is 4.65. The molecule has 1 aromatic carbocycles. The molecule has 2 heterocycles. The summed E-state index contributed by atoms with van der Waals surface area (Å²) < 4.78 is 4.92. The molecular formula is C15H11N5O4. The number of H-pyrrole nitrogens is 1. The Morgan fingerprint density at radius 1 is 1.25 bits per heavy atom.